The summed E-state index contributed by atoms with van der Waals surface area (Å²) in [5.74, 6) is -0.999. The van der Waals surface area contributed by atoms with E-state index >= 15 is 0 Å². The van der Waals surface area contributed by atoms with E-state index in [2.05, 4.69) is 5.32 Å². The number of ether oxygens (including phenoxy) is 1. The molecule has 4 nitrogen and oxygen atoms in total. The number of halogens is 2. The Bertz CT molecular complexity index is 530. The van der Waals surface area contributed by atoms with Crippen LogP contribution in [0.5, 0.6) is 0 Å². The fourth-order valence-electron chi connectivity index (χ4n) is 2.43. The van der Waals surface area contributed by atoms with Gasteiger partial charge in [0.25, 0.3) is 5.91 Å². The van der Waals surface area contributed by atoms with Crippen molar-refractivity contribution in [3.63, 3.8) is 0 Å². The molecule has 0 aliphatic heterocycles. The number of nitrogens with one attached hydrogen (secondary N) is 1. The van der Waals surface area contributed by atoms with Crippen molar-refractivity contribution in [3.05, 3.63) is 29.0 Å². The van der Waals surface area contributed by atoms with Crippen molar-refractivity contribution in [3.8, 4) is 0 Å². The lowest BCUT2D eigenvalue weighted by Gasteiger charge is -2.09. The predicted molar refractivity (Wildman–Crippen MR) is 77.6 cm³/mol. The Morgan fingerprint density at radius 3 is 2.71 bits per heavy atom. The molecule has 1 aromatic rings. The first-order chi connectivity index (χ1) is 10.0. The number of hydrogen-bond donors (Lipinski definition) is 1. The molecule has 1 N–H and O–H groups in total. The lowest BCUT2D eigenvalue weighted by atomic mass is 10.1. The first-order valence-corrected chi connectivity index (χ1v) is 7.33. The van der Waals surface area contributed by atoms with Crippen LogP contribution >= 0.6 is 11.6 Å². The molecule has 114 valence electrons. The summed E-state index contributed by atoms with van der Waals surface area (Å²) in [5, 5.41) is 2.41. The van der Waals surface area contributed by atoms with Gasteiger partial charge in [-0.1, -0.05) is 24.4 Å². The normalized spacial score (nSPS) is 15.0. The van der Waals surface area contributed by atoms with Crippen LogP contribution in [0.3, 0.4) is 0 Å². The predicted octanol–water partition coefficient (Wildman–Crippen LogP) is 3.54. The van der Waals surface area contributed by atoms with Gasteiger partial charge in [-0.05, 0) is 37.0 Å². The van der Waals surface area contributed by atoms with Gasteiger partial charge >= 0.3 is 5.97 Å². The van der Waals surface area contributed by atoms with Gasteiger partial charge in [0.1, 0.15) is 5.82 Å². The number of rotatable bonds is 5. The van der Waals surface area contributed by atoms with Crippen molar-refractivity contribution < 1.29 is 18.7 Å². The Balaban J connectivity index is 1.73. The molecule has 21 heavy (non-hydrogen) atoms. The molecule has 0 spiro atoms. The second-order valence-corrected chi connectivity index (χ2v) is 5.60. The Kier molecular flexibility index (Phi) is 5.56. The molecule has 6 heteroatoms. The van der Waals surface area contributed by atoms with Crippen LogP contribution in [0.15, 0.2) is 18.2 Å². The minimum atomic E-state index is -0.558. The maximum Gasteiger partial charge on any atom is 0.306 e. The van der Waals surface area contributed by atoms with E-state index in [0.29, 0.717) is 18.0 Å². The number of carbonyl (C=O) groups excluding carboxylic acids is 2. The van der Waals surface area contributed by atoms with E-state index in [1.165, 1.54) is 12.1 Å². The summed E-state index contributed by atoms with van der Waals surface area (Å²) >= 11 is 5.61. The van der Waals surface area contributed by atoms with Crippen LogP contribution in [-0.2, 0) is 14.3 Å². The lowest BCUT2D eigenvalue weighted by molar-refractivity contribution is -0.148. The third-order valence-electron chi connectivity index (χ3n) is 3.50. The molecule has 0 heterocycles. The molecule has 1 fully saturated rings. The van der Waals surface area contributed by atoms with Gasteiger partial charge in [-0.25, -0.2) is 4.39 Å². The molecule has 0 aromatic heterocycles. The van der Waals surface area contributed by atoms with E-state index in [1.807, 2.05) is 0 Å². The smallest absolute Gasteiger partial charge is 0.306 e. The van der Waals surface area contributed by atoms with E-state index in [0.717, 1.165) is 31.7 Å². The van der Waals surface area contributed by atoms with Crippen LogP contribution in [0, 0.1) is 11.7 Å². The van der Waals surface area contributed by atoms with Crippen LogP contribution in [0.1, 0.15) is 32.1 Å². The standard InChI is InChI=1S/C15H17ClFNO3/c16-12-8-11(5-6-13(12)17)18-14(19)9-21-15(20)7-10-3-1-2-4-10/h5-6,8,10H,1-4,7,9H2,(H,18,19). The molecular formula is C15H17ClFNO3. The highest BCUT2D eigenvalue weighted by molar-refractivity contribution is 6.31. The SMILES string of the molecule is O=C(COC(=O)CC1CCCC1)Nc1ccc(F)c(Cl)c1. The van der Waals surface area contributed by atoms with Crippen molar-refractivity contribution in [2.24, 2.45) is 5.92 Å². The van der Waals surface area contributed by atoms with Gasteiger partial charge in [0.2, 0.25) is 0 Å². The average Bonchev–Trinajstić information content (AvgIpc) is 2.93. The zero-order valence-corrected chi connectivity index (χ0v) is 12.3. The fraction of sp³-hybridized carbons (Fsp3) is 0.467. The molecule has 0 atom stereocenters. The Morgan fingerprint density at radius 2 is 2.05 bits per heavy atom. The number of esters is 1. The topological polar surface area (TPSA) is 55.4 Å². The summed E-state index contributed by atoms with van der Waals surface area (Å²) in [6, 6.07) is 3.85. The highest BCUT2D eigenvalue weighted by atomic mass is 35.5. The number of amides is 1. The molecule has 1 aliphatic carbocycles. The maximum absolute atomic E-state index is 13.0. The monoisotopic (exact) mass is 313 g/mol. The molecule has 0 radical (unpaired) electrons. The lowest BCUT2D eigenvalue weighted by Crippen LogP contribution is -2.21. The summed E-state index contributed by atoms with van der Waals surface area (Å²) in [7, 11) is 0. The third kappa shape index (κ3) is 5.01. The molecule has 1 aliphatic rings. The van der Waals surface area contributed by atoms with Gasteiger partial charge in [-0.2, -0.15) is 0 Å². The van der Waals surface area contributed by atoms with Gasteiger partial charge in [0, 0.05) is 12.1 Å². The summed E-state index contributed by atoms with van der Waals surface area (Å²) in [6.07, 6.45) is 4.79. The van der Waals surface area contributed by atoms with Gasteiger partial charge in [0.05, 0.1) is 5.02 Å². The third-order valence-corrected chi connectivity index (χ3v) is 3.79. The molecule has 1 saturated carbocycles. The first-order valence-electron chi connectivity index (χ1n) is 6.95. The summed E-state index contributed by atoms with van der Waals surface area (Å²) in [5.41, 5.74) is 0.359. The van der Waals surface area contributed by atoms with Crippen LogP contribution in [0.25, 0.3) is 0 Å². The summed E-state index contributed by atoms with van der Waals surface area (Å²) in [6.45, 7) is -0.347. The minimum absolute atomic E-state index is 0.0778. The fourth-order valence-corrected chi connectivity index (χ4v) is 2.61. The molecule has 1 amide bonds. The van der Waals surface area contributed by atoms with Crippen LogP contribution in [0.2, 0.25) is 5.02 Å². The van der Waals surface area contributed by atoms with E-state index < -0.39 is 11.7 Å². The Morgan fingerprint density at radius 1 is 1.33 bits per heavy atom. The van der Waals surface area contributed by atoms with E-state index in [-0.39, 0.29) is 17.6 Å². The highest BCUT2D eigenvalue weighted by Crippen LogP contribution is 2.27. The van der Waals surface area contributed by atoms with Gasteiger partial charge in [0.15, 0.2) is 6.61 Å². The zero-order valence-electron chi connectivity index (χ0n) is 11.5. The number of carbonyl (C=O) groups is 2. The van der Waals surface area contributed by atoms with Gasteiger partial charge in [-0.3, -0.25) is 9.59 Å². The van der Waals surface area contributed by atoms with Crippen molar-refractivity contribution in [2.45, 2.75) is 32.1 Å². The Hall–Kier alpha value is -1.62. The number of anilines is 1. The van der Waals surface area contributed by atoms with Crippen LogP contribution < -0.4 is 5.32 Å². The van der Waals surface area contributed by atoms with Crippen molar-refractivity contribution in [1.82, 2.24) is 0 Å². The quantitative estimate of drug-likeness (QED) is 0.846. The summed E-state index contributed by atoms with van der Waals surface area (Å²) < 4.78 is 17.9. The van der Waals surface area contributed by atoms with E-state index in [1.54, 1.807) is 0 Å². The van der Waals surface area contributed by atoms with E-state index in [9.17, 15) is 14.0 Å². The van der Waals surface area contributed by atoms with Gasteiger partial charge in [-0.15, -0.1) is 0 Å². The molecule has 0 saturated heterocycles. The van der Waals surface area contributed by atoms with Gasteiger partial charge < -0.3 is 10.1 Å². The van der Waals surface area contributed by atoms with Crippen LogP contribution in [0.4, 0.5) is 10.1 Å². The number of benzene rings is 1. The molecule has 1 aromatic carbocycles. The Labute approximate surface area is 127 Å². The van der Waals surface area contributed by atoms with Crippen molar-refractivity contribution >= 4 is 29.2 Å². The summed E-state index contributed by atoms with van der Waals surface area (Å²) in [4.78, 5) is 23.2. The highest BCUT2D eigenvalue weighted by Gasteiger charge is 2.19. The first kappa shape index (κ1) is 15.8. The molecule has 0 unspecified atom stereocenters. The van der Waals surface area contributed by atoms with Crippen molar-refractivity contribution in [2.75, 3.05) is 11.9 Å². The second-order valence-electron chi connectivity index (χ2n) is 5.19. The van der Waals surface area contributed by atoms with Crippen LogP contribution in [-0.4, -0.2) is 18.5 Å². The maximum atomic E-state index is 13.0. The minimum Gasteiger partial charge on any atom is -0.456 e. The van der Waals surface area contributed by atoms with Crippen molar-refractivity contribution in [1.29, 1.82) is 0 Å². The largest absolute Gasteiger partial charge is 0.456 e. The van der Waals surface area contributed by atoms with E-state index in [4.69, 9.17) is 16.3 Å². The molecule has 0 bridgehead atoms. The number of hydrogen-bond acceptors (Lipinski definition) is 3. The second kappa shape index (κ2) is 7.41. The molecule has 2 rings (SSSR count). The average molecular weight is 314 g/mol. The molecular weight excluding hydrogens is 297 g/mol. The zero-order chi connectivity index (χ0) is 15.2.